The van der Waals surface area contributed by atoms with Crippen molar-refractivity contribution >= 4 is 5.91 Å². The number of amides is 1. The van der Waals surface area contributed by atoms with E-state index in [9.17, 15) is 18.0 Å². The van der Waals surface area contributed by atoms with E-state index in [1.807, 2.05) is 6.07 Å². The average Bonchev–Trinajstić information content (AvgIpc) is 3.29. The van der Waals surface area contributed by atoms with Crippen molar-refractivity contribution in [3.63, 3.8) is 0 Å². The van der Waals surface area contributed by atoms with Crippen molar-refractivity contribution in [2.45, 2.75) is 31.5 Å². The summed E-state index contributed by atoms with van der Waals surface area (Å²) in [6, 6.07) is 6.72. The van der Waals surface area contributed by atoms with Gasteiger partial charge in [-0.05, 0) is 37.8 Å². The lowest BCUT2D eigenvalue weighted by molar-refractivity contribution is -0.139. The first-order chi connectivity index (χ1) is 10.3. The fourth-order valence-corrected chi connectivity index (χ4v) is 2.18. The second-order valence-electron chi connectivity index (χ2n) is 5.42. The molecule has 118 valence electrons. The maximum atomic E-state index is 12.8. The van der Waals surface area contributed by atoms with E-state index >= 15 is 0 Å². The van der Waals surface area contributed by atoms with Crippen molar-refractivity contribution in [1.82, 2.24) is 5.32 Å². The van der Waals surface area contributed by atoms with Crippen LogP contribution in [0.1, 0.15) is 25.3 Å². The lowest BCUT2D eigenvalue weighted by Crippen LogP contribution is -2.48. The fourth-order valence-electron chi connectivity index (χ4n) is 2.18. The Hall–Kier alpha value is -2.23. The number of nitriles is 1. The van der Waals surface area contributed by atoms with E-state index in [-0.39, 0.29) is 5.92 Å². The molecule has 1 aromatic rings. The number of carbonyl (C=O) groups excluding carboxylic acids is 1. The SMILES string of the molecule is CC(C#N)(NC(=O)COc1ccccc1C(F)(F)F)C1CC1. The van der Waals surface area contributed by atoms with Crippen LogP contribution < -0.4 is 10.1 Å². The Kier molecular flexibility index (Phi) is 4.31. The van der Waals surface area contributed by atoms with Crippen LogP contribution in [0, 0.1) is 17.2 Å². The highest BCUT2D eigenvalue weighted by Gasteiger charge is 2.43. The fraction of sp³-hybridized carbons (Fsp3) is 0.467. The van der Waals surface area contributed by atoms with Gasteiger partial charge in [0.25, 0.3) is 5.91 Å². The van der Waals surface area contributed by atoms with Gasteiger partial charge in [0.2, 0.25) is 0 Å². The molecule has 1 N–H and O–H groups in total. The van der Waals surface area contributed by atoms with Crippen molar-refractivity contribution in [1.29, 1.82) is 5.26 Å². The number of rotatable bonds is 5. The zero-order valence-electron chi connectivity index (χ0n) is 11.9. The summed E-state index contributed by atoms with van der Waals surface area (Å²) in [5.74, 6) is -0.938. The van der Waals surface area contributed by atoms with Gasteiger partial charge in [-0.1, -0.05) is 12.1 Å². The summed E-state index contributed by atoms with van der Waals surface area (Å²) in [5.41, 5.74) is -1.93. The van der Waals surface area contributed by atoms with Crippen LogP contribution >= 0.6 is 0 Å². The Morgan fingerprint density at radius 3 is 2.59 bits per heavy atom. The van der Waals surface area contributed by atoms with Gasteiger partial charge in [0, 0.05) is 0 Å². The van der Waals surface area contributed by atoms with E-state index in [1.165, 1.54) is 12.1 Å². The number of benzene rings is 1. The predicted molar refractivity (Wildman–Crippen MR) is 71.8 cm³/mol. The molecule has 1 amide bonds. The van der Waals surface area contributed by atoms with Crippen molar-refractivity contribution in [2.24, 2.45) is 5.92 Å². The van der Waals surface area contributed by atoms with E-state index in [0.717, 1.165) is 25.0 Å². The molecular formula is C15H15F3N2O2. The summed E-state index contributed by atoms with van der Waals surface area (Å²) in [6.45, 7) is 1.03. The molecule has 0 heterocycles. The first-order valence-electron chi connectivity index (χ1n) is 6.77. The van der Waals surface area contributed by atoms with Crippen molar-refractivity contribution in [3.8, 4) is 11.8 Å². The van der Waals surface area contributed by atoms with Gasteiger partial charge in [-0.2, -0.15) is 18.4 Å². The number of nitrogens with one attached hydrogen (secondary N) is 1. The van der Waals surface area contributed by atoms with Crippen LogP contribution in [0.4, 0.5) is 13.2 Å². The summed E-state index contributed by atoms with van der Waals surface area (Å²) in [6.07, 6.45) is -2.85. The van der Waals surface area contributed by atoms with Gasteiger partial charge in [-0.15, -0.1) is 0 Å². The second kappa shape index (κ2) is 5.87. The highest BCUT2D eigenvalue weighted by molar-refractivity contribution is 5.79. The number of hydrogen-bond acceptors (Lipinski definition) is 3. The van der Waals surface area contributed by atoms with Crippen molar-refractivity contribution in [2.75, 3.05) is 6.61 Å². The van der Waals surface area contributed by atoms with Gasteiger partial charge in [-0.3, -0.25) is 4.79 Å². The highest BCUT2D eigenvalue weighted by atomic mass is 19.4. The summed E-state index contributed by atoms with van der Waals surface area (Å²) >= 11 is 0. The molecule has 1 fully saturated rings. The maximum Gasteiger partial charge on any atom is 0.419 e. The molecule has 0 bridgehead atoms. The molecule has 0 spiro atoms. The van der Waals surface area contributed by atoms with Crippen molar-refractivity contribution in [3.05, 3.63) is 29.8 Å². The quantitative estimate of drug-likeness (QED) is 0.909. The molecule has 0 aliphatic heterocycles. The topological polar surface area (TPSA) is 62.1 Å². The monoisotopic (exact) mass is 312 g/mol. The Balaban J connectivity index is 1.99. The molecule has 0 aromatic heterocycles. The molecule has 4 nitrogen and oxygen atoms in total. The maximum absolute atomic E-state index is 12.8. The van der Waals surface area contributed by atoms with Gasteiger partial charge in [0.1, 0.15) is 11.3 Å². The average molecular weight is 312 g/mol. The first kappa shape index (κ1) is 16.1. The number of halogens is 3. The number of nitrogens with zero attached hydrogens (tertiary/aromatic N) is 1. The molecule has 7 heteroatoms. The molecule has 1 atom stereocenters. The van der Waals surface area contributed by atoms with Crippen LogP contribution in [0.2, 0.25) is 0 Å². The highest BCUT2D eigenvalue weighted by Crippen LogP contribution is 2.39. The van der Waals surface area contributed by atoms with Crippen LogP contribution in [0.15, 0.2) is 24.3 Å². The summed E-state index contributed by atoms with van der Waals surface area (Å²) in [5, 5.41) is 11.7. The number of alkyl halides is 3. The molecule has 1 aromatic carbocycles. The standard InChI is InChI=1S/C15H15F3N2O2/c1-14(9-19,10-6-7-10)20-13(21)8-22-12-5-3-2-4-11(12)15(16,17)18/h2-5,10H,6-8H2,1H3,(H,20,21). The number of hydrogen-bond donors (Lipinski definition) is 1. The Morgan fingerprint density at radius 1 is 1.41 bits per heavy atom. The first-order valence-corrected chi connectivity index (χ1v) is 6.77. The molecule has 22 heavy (non-hydrogen) atoms. The van der Waals surface area contributed by atoms with Gasteiger partial charge in [0.15, 0.2) is 6.61 Å². The van der Waals surface area contributed by atoms with Crippen LogP contribution in [0.5, 0.6) is 5.75 Å². The van der Waals surface area contributed by atoms with Crippen LogP contribution in [-0.4, -0.2) is 18.1 Å². The molecule has 2 rings (SSSR count). The largest absolute Gasteiger partial charge is 0.483 e. The van der Waals surface area contributed by atoms with E-state index < -0.39 is 35.5 Å². The zero-order chi connectivity index (χ0) is 16.4. The molecule has 1 unspecified atom stereocenters. The Bertz CT molecular complexity index is 606. The van der Waals surface area contributed by atoms with E-state index in [0.29, 0.717) is 0 Å². The van der Waals surface area contributed by atoms with Crippen LogP contribution in [0.3, 0.4) is 0 Å². The molecule has 1 saturated carbocycles. The number of carbonyl (C=O) groups is 1. The van der Waals surface area contributed by atoms with Gasteiger partial charge < -0.3 is 10.1 Å². The van der Waals surface area contributed by atoms with Gasteiger partial charge >= 0.3 is 6.18 Å². The third-order valence-corrected chi connectivity index (χ3v) is 3.58. The predicted octanol–water partition coefficient (Wildman–Crippen LogP) is 2.89. The summed E-state index contributed by atoms with van der Waals surface area (Å²) in [7, 11) is 0. The minimum absolute atomic E-state index is 0.0870. The third-order valence-electron chi connectivity index (χ3n) is 3.58. The summed E-state index contributed by atoms with van der Waals surface area (Å²) in [4.78, 5) is 11.8. The lowest BCUT2D eigenvalue weighted by Gasteiger charge is -2.23. The van der Waals surface area contributed by atoms with E-state index in [1.54, 1.807) is 6.92 Å². The van der Waals surface area contributed by atoms with E-state index in [4.69, 9.17) is 10.00 Å². The Labute approximate surface area is 125 Å². The molecule has 0 saturated heterocycles. The summed E-state index contributed by atoms with van der Waals surface area (Å²) < 4.78 is 43.3. The van der Waals surface area contributed by atoms with Gasteiger partial charge in [-0.25, -0.2) is 0 Å². The second-order valence-corrected chi connectivity index (χ2v) is 5.42. The molecule has 1 aliphatic rings. The minimum atomic E-state index is -4.55. The van der Waals surface area contributed by atoms with Crippen LogP contribution in [0.25, 0.3) is 0 Å². The number of para-hydroxylation sites is 1. The zero-order valence-corrected chi connectivity index (χ0v) is 11.9. The van der Waals surface area contributed by atoms with Gasteiger partial charge in [0.05, 0.1) is 11.6 Å². The normalized spacial score (nSPS) is 17.2. The number of ether oxygens (including phenoxy) is 1. The van der Waals surface area contributed by atoms with Crippen LogP contribution in [-0.2, 0) is 11.0 Å². The molecular weight excluding hydrogens is 297 g/mol. The third kappa shape index (κ3) is 3.70. The smallest absolute Gasteiger partial charge is 0.419 e. The van der Waals surface area contributed by atoms with E-state index in [2.05, 4.69) is 5.32 Å². The lowest BCUT2D eigenvalue weighted by atomic mass is 9.98. The minimum Gasteiger partial charge on any atom is -0.483 e. The Morgan fingerprint density at radius 2 is 2.05 bits per heavy atom. The molecule has 0 radical (unpaired) electrons. The molecule has 1 aliphatic carbocycles. The van der Waals surface area contributed by atoms with Crippen molar-refractivity contribution < 1.29 is 22.7 Å².